The molecule has 0 N–H and O–H groups in total. The van der Waals surface area contributed by atoms with E-state index in [4.69, 9.17) is 11.6 Å². The summed E-state index contributed by atoms with van der Waals surface area (Å²) in [7, 11) is 0. The number of halogens is 1. The molecule has 2 aliphatic rings. The Morgan fingerprint density at radius 1 is 1.00 bits per heavy atom. The van der Waals surface area contributed by atoms with Gasteiger partial charge in [-0.1, -0.05) is 66.9 Å². The number of hydrogen-bond donors (Lipinski definition) is 0. The zero-order valence-corrected chi connectivity index (χ0v) is 19.2. The summed E-state index contributed by atoms with van der Waals surface area (Å²) >= 11 is 6.11. The van der Waals surface area contributed by atoms with Crippen LogP contribution in [0.25, 0.3) is 11.4 Å². The van der Waals surface area contributed by atoms with Gasteiger partial charge >= 0.3 is 0 Å². The van der Waals surface area contributed by atoms with Crippen molar-refractivity contribution in [2.75, 3.05) is 13.1 Å². The van der Waals surface area contributed by atoms with Crippen LogP contribution in [-0.2, 0) is 16.8 Å². The molecule has 3 aromatic rings. The molecule has 0 atom stereocenters. The lowest BCUT2D eigenvalue weighted by atomic mass is 9.77. The Morgan fingerprint density at radius 2 is 1.69 bits per heavy atom. The summed E-state index contributed by atoms with van der Waals surface area (Å²) in [4.78, 5) is 20.5. The third-order valence-corrected chi connectivity index (χ3v) is 7.62. The molecule has 2 fully saturated rings. The number of aromatic nitrogens is 2. The molecule has 0 spiro atoms. The van der Waals surface area contributed by atoms with E-state index in [-0.39, 0.29) is 5.41 Å². The van der Waals surface area contributed by atoms with E-state index < -0.39 is 0 Å². The largest absolute Gasteiger partial charge is 0.342 e. The van der Waals surface area contributed by atoms with Gasteiger partial charge in [0.05, 0.1) is 5.41 Å². The molecule has 1 aliphatic heterocycles. The number of carbonyl (C=O) groups excluding carboxylic acids is 1. The molecule has 1 saturated heterocycles. The lowest BCUT2D eigenvalue weighted by Crippen LogP contribution is -2.48. The predicted octanol–water partition coefficient (Wildman–Crippen LogP) is 5.95. The van der Waals surface area contributed by atoms with Gasteiger partial charge in [-0.25, -0.2) is 4.98 Å². The Labute approximate surface area is 195 Å². The molecule has 1 aromatic heterocycles. The van der Waals surface area contributed by atoms with E-state index >= 15 is 0 Å². The van der Waals surface area contributed by atoms with E-state index in [1.165, 1.54) is 0 Å². The first-order valence-electron chi connectivity index (χ1n) is 11.8. The molecule has 1 amide bonds. The van der Waals surface area contributed by atoms with Gasteiger partial charge in [0.25, 0.3) is 0 Å². The fraction of sp³-hybridized carbons (Fsp3) is 0.407. The van der Waals surface area contributed by atoms with Crippen molar-refractivity contribution >= 4 is 17.5 Å². The van der Waals surface area contributed by atoms with Crippen LogP contribution in [0, 0.1) is 5.92 Å². The summed E-state index contributed by atoms with van der Waals surface area (Å²) in [6.07, 6.45) is 10.2. The molecule has 5 heteroatoms. The average molecular weight is 448 g/mol. The fourth-order valence-electron chi connectivity index (χ4n) is 5.58. The summed E-state index contributed by atoms with van der Waals surface area (Å²) in [5, 5.41) is 0.726. The van der Waals surface area contributed by atoms with Gasteiger partial charge in [-0.3, -0.25) is 4.79 Å². The zero-order valence-electron chi connectivity index (χ0n) is 18.4. The highest BCUT2D eigenvalue weighted by molar-refractivity contribution is 6.30. The molecule has 0 unspecified atom stereocenters. The molecule has 2 heterocycles. The van der Waals surface area contributed by atoms with Crippen molar-refractivity contribution in [3.8, 4) is 11.4 Å². The van der Waals surface area contributed by atoms with Gasteiger partial charge in [-0.2, -0.15) is 0 Å². The minimum atomic E-state index is -0.359. The summed E-state index contributed by atoms with van der Waals surface area (Å²) in [6.45, 7) is 2.64. The second-order valence-corrected chi connectivity index (χ2v) is 9.74. The molecule has 0 bridgehead atoms. The van der Waals surface area contributed by atoms with Gasteiger partial charge < -0.3 is 9.47 Å². The molecule has 0 radical (unpaired) electrons. The van der Waals surface area contributed by atoms with Gasteiger partial charge in [0, 0.05) is 42.6 Å². The van der Waals surface area contributed by atoms with Crippen LogP contribution in [-0.4, -0.2) is 33.4 Å². The van der Waals surface area contributed by atoms with Crippen LogP contribution in [0.5, 0.6) is 0 Å². The molecule has 32 heavy (non-hydrogen) atoms. The second-order valence-electron chi connectivity index (χ2n) is 9.30. The minimum absolute atomic E-state index is 0.323. The van der Waals surface area contributed by atoms with Crippen molar-refractivity contribution in [2.45, 2.75) is 50.5 Å². The normalized spacial score (nSPS) is 18.7. The SMILES string of the molecule is O=C(N1CCC(Cn2ccnc2-c2ccccc2)CC1)C1(c2ccc(Cl)cc2)CCCC1. The van der Waals surface area contributed by atoms with E-state index in [0.29, 0.717) is 11.8 Å². The van der Waals surface area contributed by atoms with E-state index in [0.717, 1.165) is 80.1 Å². The van der Waals surface area contributed by atoms with Crippen molar-refractivity contribution < 1.29 is 4.79 Å². The van der Waals surface area contributed by atoms with Crippen LogP contribution in [0.1, 0.15) is 44.1 Å². The summed E-state index contributed by atoms with van der Waals surface area (Å²) < 4.78 is 2.27. The van der Waals surface area contributed by atoms with Crippen molar-refractivity contribution in [2.24, 2.45) is 5.92 Å². The monoisotopic (exact) mass is 447 g/mol. The van der Waals surface area contributed by atoms with Gasteiger partial charge in [0.2, 0.25) is 5.91 Å². The molecule has 1 saturated carbocycles. The summed E-state index contributed by atoms with van der Waals surface area (Å²) in [5.74, 6) is 1.91. The molecule has 4 nitrogen and oxygen atoms in total. The van der Waals surface area contributed by atoms with E-state index in [1.807, 2.05) is 24.4 Å². The maximum absolute atomic E-state index is 13.7. The summed E-state index contributed by atoms with van der Waals surface area (Å²) in [6, 6.07) is 18.3. The number of carbonyl (C=O) groups is 1. The highest BCUT2D eigenvalue weighted by atomic mass is 35.5. The van der Waals surface area contributed by atoms with E-state index in [2.05, 4.69) is 57.0 Å². The minimum Gasteiger partial charge on any atom is -0.342 e. The number of amides is 1. The lowest BCUT2D eigenvalue weighted by molar-refractivity contribution is -0.138. The number of hydrogen-bond acceptors (Lipinski definition) is 2. The summed E-state index contributed by atoms with van der Waals surface area (Å²) in [5.41, 5.74) is 1.93. The number of benzene rings is 2. The first kappa shape index (κ1) is 21.3. The number of piperidine rings is 1. The lowest BCUT2D eigenvalue weighted by Gasteiger charge is -2.39. The zero-order chi connectivity index (χ0) is 22.0. The van der Waals surface area contributed by atoms with Crippen LogP contribution in [0.2, 0.25) is 5.02 Å². The molecule has 2 aromatic carbocycles. The first-order valence-corrected chi connectivity index (χ1v) is 12.2. The van der Waals surface area contributed by atoms with Crippen LogP contribution < -0.4 is 0 Å². The van der Waals surface area contributed by atoms with E-state index in [1.54, 1.807) is 0 Å². The smallest absolute Gasteiger partial charge is 0.233 e. The number of imidazole rings is 1. The number of rotatable bonds is 5. The van der Waals surface area contributed by atoms with Gasteiger partial charge in [0.1, 0.15) is 5.82 Å². The van der Waals surface area contributed by atoms with Crippen LogP contribution in [0.4, 0.5) is 0 Å². The van der Waals surface area contributed by atoms with Crippen LogP contribution >= 0.6 is 11.6 Å². The average Bonchev–Trinajstić information content (AvgIpc) is 3.51. The molecule has 5 rings (SSSR count). The second kappa shape index (κ2) is 9.11. The number of nitrogens with zero attached hydrogens (tertiary/aromatic N) is 3. The van der Waals surface area contributed by atoms with Crippen molar-refractivity contribution in [1.82, 2.24) is 14.5 Å². The van der Waals surface area contributed by atoms with Gasteiger partial charge in [-0.05, 0) is 49.3 Å². The standard InChI is InChI=1S/C27H30ClN3O/c28-24-10-8-23(9-11-24)27(14-4-5-15-27)26(32)30-17-12-21(13-18-30)20-31-19-16-29-25(31)22-6-2-1-3-7-22/h1-3,6-11,16,19,21H,4-5,12-15,17-18,20H2. The Morgan fingerprint density at radius 3 is 2.38 bits per heavy atom. The highest BCUT2D eigenvalue weighted by Gasteiger charge is 2.45. The maximum Gasteiger partial charge on any atom is 0.233 e. The number of likely N-dealkylation sites (tertiary alicyclic amines) is 1. The topological polar surface area (TPSA) is 38.1 Å². The van der Waals surface area contributed by atoms with Crippen LogP contribution in [0.15, 0.2) is 67.0 Å². The maximum atomic E-state index is 13.7. The first-order chi connectivity index (χ1) is 15.7. The van der Waals surface area contributed by atoms with E-state index in [9.17, 15) is 4.79 Å². The Bertz CT molecular complexity index is 1050. The highest BCUT2D eigenvalue weighted by Crippen LogP contribution is 2.43. The van der Waals surface area contributed by atoms with Gasteiger partial charge in [0.15, 0.2) is 0 Å². The molecular formula is C27H30ClN3O. The third-order valence-electron chi connectivity index (χ3n) is 7.37. The Hall–Kier alpha value is -2.59. The third kappa shape index (κ3) is 4.09. The fourth-order valence-corrected chi connectivity index (χ4v) is 5.70. The van der Waals surface area contributed by atoms with Crippen molar-refractivity contribution in [3.63, 3.8) is 0 Å². The van der Waals surface area contributed by atoms with Crippen LogP contribution in [0.3, 0.4) is 0 Å². The quantitative estimate of drug-likeness (QED) is 0.484. The Balaban J connectivity index is 1.25. The van der Waals surface area contributed by atoms with Crippen molar-refractivity contribution in [1.29, 1.82) is 0 Å². The van der Waals surface area contributed by atoms with Crippen molar-refractivity contribution in [3.05, 3.63) is 77.6 Å². The Kier molecular flexibility index (Phi) is 6.05. The molecular weight excluding hydrogens is 418 g/mol. The predicted molar refractivity (Wildman–Crippen MR) is 129 cm³/mol. The van der Waals surface area contributed by atoms with Gasteiger partial charge in [-0.15, -0.1) is 0 Å². The molecule has 166 valence electrons. The molecule has 1 aliphatic carbocycles.